The third kappa shape index (κ3) is 3.33. The number of rotatable bonds is 5. The molecule has 3 heterocycles. The number of hydrogen-bond acceptors (Lipinski definition) is 6. The fourth-order valence-corrected chi connectivity index (χ4v) is 3.41. The average molecular weight is 389 g/mol. The van der Waals surface area contributed by atoms with E-state index in [1.165, 1.54) is 0 Å². The molecule has 1 N–H and O–H groups in total. The molecule has 0 spiro atoms. The number of carbonyl (C=O) groups is 1. The largest absolute Gasteiger partial charge is 0.483 e. The standard InChI is InChI=1S/C21H19N5O3/c1-13-4-2-3-5-18(13)28-11-19-24-20(25-29-19)15-9-26(10-15)21(27)14-6-7-16-17(8-14)23-12-22-16/h2-8,12,15H,9-11H2,1H3,(H,22,23). The summed E-state index contributed by atoms with van der Waals surface area (Å²) in [7, 11) is 0. The molecule has 1 saturated heterocycles. The second kappa shape index (κ2) is 7.05. The molecule has 146 valence electrons. The Morgan fingerprint density at radius 3 is 3.00 bits per heavy atom. The molecule has 0 saturated carbocycles. The number of H-pyrrole nitrogens is 1. The second-order valence-corrected chi connectivity index (χ2v) is 7.14. The van der Waals surface area contributed by atoms with Gasteiger partial charge >= 0.3 is 0 Å². The zero-order valence-electron chi connectivity index (χ0n) is 15.8. The molecule has 29 heavy (non-hydrogen) atoms. The highest BCUT2D eigenvalue weighted by Gasteiger charge is 2.35. The van der Waals surface area contributed by atoms with E-state index in [1.807, 2.05) is 43.3 Å². The number of aryl methyl sites for hydroxylation is 1. The topological polar surface area (TPSA) is 97.1 Å². The first-order valence-corrected chi connectivity index (χ1v) is 9.41. The van der Waals surface area contributed by atoms with Gasteiger partial charge in [-0.2, -0.15) is 4.98 Å². The minimum Gasteiger partial charge on any atom is -0.483 e. The summed E-state index contributed by atoms with van der Waals surface area (Å²) in [5, 5.41) is 4.06. The summed E-state index contributed by atoms with van der Waals surface area (Å²) in [6, 6.07) is 13.2. The molecule has 1 aliphatic heterocycles. The van der Waals surface area contributed by atoms with Gasteiger partial charge in [0.1, 0.15) is 5.75 Å². The first kappa shape index (κ1) is 17.4. The number of likely N-dealkylation sites (tertiary alicyclic amines) is 1. The first-order valence-electron chi connectivity index (χ1n) is 9.41. The third-order valence-electron chi connectivity index (χ3n) is 5.13. The van der Waals surface area contributed by atoms with E-state index in [4.69, 9.17) is 9.26 Å². The molecule has 1 amide bonds. The number of aromatic nitrogens is 4. The van der Waals surface area contributed by atoms with Gasteiger partial charge in [-0.15, -0.1) is 0 Å². The summed E-state index contributed by atoms with van der Waals surface area (Å²) in [6.07, 6.45) is 1.62. The molecule has 0 aliphatic carbocycles. The molecule has 0 radical (unpaired) electrons. The van der Waals surface area contributed by atoms with Crippen LogP contribution in [0, 0.1) is 6.92 Å². The van der Waals surface area contributed by atoms with E-state index in [0.29, 0.717) is 30.4 Å². The highest BCUT2D eigenvalue weighted by molar-refractivity contribution is 5.97. The number of nitrogens with zero attached hydrogens (tertiary/aromatic N) is 4. The van der Waals surface area contributed by atoms with Gasteiger partial charge < -0.3 is 19.1 Å². The van der Waals surface area contributed by atoms with Crippen molar-refractivity contribution in [3.05, 3.63) is 71.6 Å². The van der Waals surface area contributed by atoms with Gasteiger partial charge in [-0.25, -0.2) is 4.98 Å². The van der Waals surface area contributed by atoms with Crippen LogP contribution in [-0.4, -0.2) is 44.0 Å². The van der Waals surface area contributed by atoms with E-state index in [-0.39, 0.29) is 18.4 Å². The number of imidazole rings is 1. The lowest BCUT2D eigenvalue weighted by atomic mass is 9.98. The smallest absolute Gasteiger partial charge is 0.264 e. The van der Waals surface area contributed by atoms with E-state index >= 15 is 0 Å². The van der Waals surface area contributed by atoms with Crippen LogP contribution in [-0.2, 0) is 6.61 Å². The van der Waals surface area contributed by atoms with Gasteiger partial charge in [-0.05, 0) is 36.8 Å². The fraction of sp³-hybridized carbons (Fsp3) is 0.238. The molecule has 8 nitrogen and oxygen atoms in total. The number of fused-ring (bicyclic) bond motifs is 1. The molecule has 2 aromatic heterocycles. The van der Waals surface area contributed by atoms with Crippen LogP contribution in [0.3, 0.4) is 0 Å². The van der Waals surface area contributed by atoms with Crippen molar-refractivity contribution in [2.24, 2.45) is 0 Å². The molecule has 4 aromatic rings. The molecule has 0 unspecified atom stereocenters. The monoisotopic (exact) mass is 389 g/mol. The van der Waals surface area contributed by atoms with Crippen LogP contribution >= 0.6 is 0 Å². The Hall–Kier alpha value is -3.68. The predicted octanol–water partition coefficient (Wildman–Crippen LogP) is 3.07. The summed E-state index contributed by atoms with van der Waals surface area (Å²) in [5.41, 5.74) is 3.38. The molecule has 0 bridgehead atoms. The number of amides is 1. The molecular formula is C21H19N5O3. The fourth-order valence-electron chi connectivity index (χ4n) is 3.41. The van der Waals surface area contributed by atoms with Gasteiger partial charge in [0, 0.05) is 18.7 Å². The van der Waals surface area contributed by atoms with Crippen molar-refractivity contribution < 1.29 is 14.1 Å². The van der Waals surface area contributed by atoms with Gasteiger partial charge in [0.15, 0.2) is 12.4 Å². The maximum atomic E-state index is 12.7. The van der Waals surface area contributed by atoms with E-state index in [1.54, 1.807) is 17.3 Å². The van der Waals surface area contributed by atoms with Gasteiger partial charge in [0.05, 0.1) is 23.3 Å². The molecule has 8 heteroatoms. The molecule has 1 aliphatic rings. The van der Waals surface area contributed by atoms with Crippen molar-refractivity contribution in [3.8, 4) is 5.75 Å². The Bertz CT molecular complexity index is 1180. The third-order valence-corrected chi connectivity index (χ3v) is 5.13. The zero-order chi connectivity index (χ0) is 19.8. The Labute approximate surface area is 166 Å². The van der Waals surface area contributed by atoms with Gasteiger partial charge in [0.25, 0.3) is 11.8 Å². The molecule has 5 rings (SSSR count). The summed E-state index contributed by atoms with van der Waals surface area (Å²) in [4.78, 5) is 26.1. The molecule has 2 aromatic carbocycles. The van der Waals surface area contributed by atoms with Crippen LogP contribution in [0.15, 0.2) is 53.3 Å². The Balaban J connectivity index is 1.19. The number of para-hydroxylation sites is 1. The number of nitrogens with one attached hydrogen (secondary N) is 1. The van der Waals surface area contributed by atoms with Crippen LogP contribution in [0.25, 0.3) is 11.0 Å². The van der Waals surface area contributed by atoms with E-state index in [0.717, 1.165) is 22.3 Å². The first-order chi connectivity index (χ1) is 14.2. The van der Waals surface area contributed by atoms with Crippen LogP contribution in [0.4, 0.5) is 0 Å². The van der Waals surface area contributed by atoms with Crippen molar-refractivity contribution in [2.45, 2.75) is 19.4 Å². The molecule has 1 fully saturated rings. The maximum absolute atomic E-state index is 12.7. The minimum atomic E-state index is -0.00986. The summed E-state index contributed by atoms with van der Waals surface area (Å²) >= 11 is 0. The van der Waals surface area contributed by atoms with E-state index in [2.05, 4.69) is 20.1 Å². The number of aromatic amines is 1. The number of ether oxygens (including phenoxy) is 1. The van der Waals surface area contributed by atoms with Crippen molar-refractivity contribution in [1.82, 2.24) is 25.0 Å². The van der Waals surface area contributed by atoms with E-state index in [9.17, 15) is 4.79 Å². The van der Waals surface area contributed by atoms with Crippen LogP contribution in [0.2, 0.25) is 0 Å². The van der Waals surface area contributed by atoms with Crippen molar-refractivity contribution in [3.63, 3.8) is 0 Å². The van der Waals surface area contributed by atoms with E-state index < -0.39 is 0 Å². The summed E-state index contributed by atoms with van der Waals surface area (Å²) in [6.45, 7) is 3.34. The Morgan fingerprint density at radius 2 is 2.14 bits per heavy atom. The van der Waals surface area contributed by atoms with Crippen LogP contribution in [0.1, 0.15) is 33.6 Å². The van der Waals surface area contributed by atoms with Crippen LogP contribution < -0.4 is 4.74 Å². The zero-order valence-corrected chi connectivity index (χ0v) is 15.8. The lowest BCUT2D eigenvalue weighted by Crippen LogP contribution is -2.48. The summed E-state index contributed by atoms with van der Waals surface area (Å²) < 4.78 is 11.0. The van der Waals surface area contributed by atoms with Gasteiger partial charge in [-0.1, -0.05) is 23.4 Å². The Morgan fingerprint density at radius 1 is 1.28 bits per heavy atom. The minimum absolute atomic E-state index is 0.00986. The average Bonchev–Trinajstić information content (AvgIpc) is 3.35. The normalized spacial score (nSPS) is 14.2. The van der Waals surface area contributed by atoms with Crippen molar-refractivity contribution >= 4 is 16.9 Å². The summed E-state index contributed by atoms with van der Waals surface area (Å²) in [5.74, 6) is 1.90. The number of hydrogen-bond donors (Lipinski definition) is 1. The maximum Gasteiger partial charge on any atom is 0.264 e. The molecular weight excluding hydrogens is 370 g/mol. The Kier molecular flexibility index (Phi) is 4.23. The van der Waals surface area contributed by atoms with Crippen molar-refractivity contribution in [1.29, 1.82) is 0 Å². The number of carbonyl (C=O) groups excluding carboxylic acids is 1. The second-order valence-electron chi connectivity index (χ2n) is 7.14. The van der Waals surface area contributed by atoms with Gasteiger partial charge in [0.2, 0.25) is 0 Å². The SMILES string of the molecule is Cc1ccccc1OCc1nc(C2CN(C(=O)c3ccc4nc[nH]c4c3)C2)no1. The quantitative estimate of drug-likeness (QED) is 0.563. The van der Waals surface area contributed by atoms with Crippen LogP contribution in [0.5, 0.6) is 5.75 Å². The van der Waals surface area contributed by atoms with Gasteiger partial charge in [-0.3, -0.25) is 4.79 Å². The lowest BCUT2D eigenvalue weighted by molar-refractivity contribution is 0.0592. The number of benzene rings is 2. The lowest BCUT2D eigenvalue weighted by Gasteiger charge is -2.37. The highest BCUT2D eigenvalue weighted by atomic mass is 16.5. The highest BCUT2D eigenvalue weighted by Crippen LogP contribution is 2.27. The molecule has 0 atom stereocenters. The predicted molar refractivity (Wildman–Crippen MR) is 105 cm³/mol. The van der Waals surface area contributed by atoms with Crippen molar-refractivity contribution in [2.75, 3.05) is 13.1 Å².